The fourth-order valence-corrected chi connectivity index (χ4v) is 5.50. The smallest absolute Gasteiger partial charge is 0.331 e. The minimum absolute atomic E-state index is 0.104. The highest BCUT2D eigenvalue weighted by atomic mass is 16.6. The number of carbonyl (C=O) groups excluding carboxylic acids is 2. The van der Waals surface area contributed by atoms with Gasteiger partial charge in [-0.3, -0.25) is 0 Å². The molecule has 0 saturated heterocycles. The van der Waals surface area contributed by atoms with Crippen LogP contribution in [0.15, 0.2) is 109 Å². The van der Waals surface area contributed by atoms with E-state index in [9.17, 15) is 9.59 Å². The van der Waals surface area contributed by atoms with Crippen LogP contribution in [-0.2, 0) is 28.5 Å². The predicted octanol–water partition coefficient (Wildman–Crippen LogP) is 9.02. The third-order valence-corrected chi connectivity index (χ3v) is 8.61. The van der Waals surface area contributed by atoms with Crippen LogP contribution < -0.4 is 9.47 Å². The van der Waals surface area contributed by atoms with Crippen LogP contribution in [0.1, 0.15) is 62.5 Å². The molecule has 0 aromatic heterocycles. The second-order valence-electron chi connectivity index (χ2n) is 12.8. The third kappa shape index (κ3) is 17.0. The van der Waals surface area contributed by atoms with Gasteiger partial charge in [-0.15, -0.1) is 0 Å². The summed E-state index contributed by atoms with van der Waals surface area (Å²) >= 11 is 0. The molecule has 0 saturated carbocycles. The molecule has 0 radical (unpaired) electrons. The van der Waals surface area contributed by atoms with Crippen LogP contribution in [0.25, 0.3) is 22.3 Å². The van der Waals surface area contributed by atoms with Gasteiger partial charge in [0.2, 0.25) is 0 Å². The van der Waals surface area contributed by atoms with Crippen molar-refractivity contribution >= 4 is 11.9 Å². The molecule has 0 spiro atoms. The number of benzene rings is 4. The van der Waals surface area contributed by atoms with Gasteiger partial charge in [0, 0.05) is 25.4 Å². The molecule has 4 rings (SSSR count). The summed E-state index contributed by atoms with van der Waals surface area (Å²) in [6, 6.07) is 35.2. The lowest BCUT2D eigenvalue weighted by atomic mass is 10.0. The number of esters is 2. The molecule has 0 unspecified atom stereocenters. The van der Waals surface area contributed by atoms with Crippen molar-refractivity contribution in [1.29, 1.82) is 10.5 Å². The Balaban J connectivity index is 0.879. The van der Waals surface area contributed by atoms with Crippen LogP contribution in [0.4, 0.5) is 0 Å². The van der Waals surface area contributed by atoms with Crippen molar-refractivity contribution < 1.29 is 38.0 Å². The van der Waals surface area contributed by atoms with E-state index in [4.69, 9.17) is 38.9 Å². The number of unbranched alkanes of at least 4 members (excludes halogenated alkanes) is 6. The summed E-state index contributed by atoms with van der Waals surface area (Å²) in [5.74, 6) is 0.398. The van der Waals surface area contributed by atoms with E-state index < -0.39 is 11.9 Å². The van der Waals surface area contributed by atoms with Gasteiger partial charge in [0.05, 0.1) is 49.7 Å². The predicted molar refractivity (Wildman–Crippen MR) is 214 cm³/mol. The molecule has 0 amide bonds. The first-order valence-corrected chi connectivity index (χ1v) is 19.2. The zero-order valence-electron chi connectivity index (χ0n) is 31.9. The Morgan fingerprint density at radius 1 is 0.411 bits per heavy atom. The fraction of sp³-hybridized carbons (Fsp3) is 0.348. The van der Waals surface area contributed by atoms with Crippen LogP contribution >= 0.6 is 0 Å². The molecule has 0 aliphatic heterocycles. The van der Waals surface area contributed by atoms with E-state index in [1.165, 1.54) is 0 Å². The summed E-state index contributed by atoms with van der Waals surface area (Å²) < 4.78 is 32.9. The molecular formula is C46H50N2O8. The monoisotopic (exact) mass is 758 g/mol. The van der Waals surface area contributed by atoms with Gasteiger partial charge in [0.15, 0.2) is 0 Å². The van der Waals surface area contributed by atoms with E-state index in [0.717, 1.165) is 97.3 Å². The van der Waals surface area contributed by atoms with Crippen molar-refractivity contribution in [3.63, 3.8) is 0 Å². The van der Waals surface area contributed by atoms with Crippen molar-refractivity contribution in [2.75, 3.05) is 52.9 Å². The van der Waals surface area contributed by atoms with E-state index in [0.29, 0.717) is 37.6 Å². The van der Waals surface area contributed by atoms with E-state index in [2.05, 4.69) is 12.1 Å². The topological polar surface area (TPSA) is 137 Å². The number of hydrogen-bond donors (Lipinski definition) is 0. The lowest BCUT2D eigenvalue weighted by Crippen LogP contribution is -2.11. The quantitative estimate of drug-likeness (QED) is 0.0347. The average Bonchev–Trinajstić information content (AvgIpc) is 3.24. The van der Waals surface area contributed by atoms with Crippen LogP contribution in [0.2, 0.25) is 0 Å². The van der Waals surface area contributed by atoms with Gasteiger partial charge < -0.3 is 28.4 Å². The Bertz CT molecular complexity index is 1710. The molecule has 0 fully saturated rings. The summed E-state index contributed by atoms with van der Waals surface area (Å²) in [6.45, 7) is 3.22. The molecule has 0 aliphatic carbocycles. The van der Waals surface area contributed by atoms with Crippen LogP contribution in [0.5, 0.6) is 11.5 Å². The van der Waals surface area contributed by atoms with E-state index in [1.54, 1.807) is 0 Å². The minimum atomic E-state index is -0.631. The van der Waals surface area contributed by atoms with Gasteiger partial charge in [-0.05, 0) is 109 Å². The third-order valence-electron chi connectivity index (χ3n) is 8.61. The van der Waals surface area contributed by atoms with Gasteiger partial charge in [0.25, 0.3) is 0 Å². The van der Waals surface area contributed by atoms with E-state index in [-0.39, 0.29) is 26.4 Å². The lowest BCUT2D eigenvalue weighted by molar-refractivity contribution is -0.142. The molecular weight excluding hydrogens is 709 g/mol. The van der Waals surface area contributed by atoms with Crippen LogP contribution in [0.3, 0.4) is 0 Å². The Kier molecular flexibility index (Phi) is 19.8. The van der Waals surface area contributed by atoms with Gasteiger partial charge in [0.1, 0.15) is 24.7 Å². The van der Waals surface area contributed by atoms with E-state index >= 15 is 0 Å². The molecule has 0 atom stereocenters. The number of rotatable bonds is 26. The Hall–Kier alpha value is -5.94. The molecule has 56 heavy (non-hydrogen) atoms. The number of carbonyl (C=O) groups is 2. The molecule has 4 aromatic rings. The second-order valence-corrected chi connectivity index (χ2v) is 12.8. The number of nitrogens with zero attached hydrogens (tertiary/aromatic N) is 2. The standard InChI is InChI=1S/C46H50N2O8/c47-35-37-9-13-39(14-10-37)41-17-21-43(22-18-41)53-29-7-3-1-5-27-51-31-33-55-45(49)25-26-46(50)56-34-32-52-28-6-2-4-8-30-54-44-23-19-42(20-24-44)40-15-11-38(36-48)12-16-40/h9-26H,1-8,27-34H2/b26-25+. The maximum atomic E-state index is 11.8. The number of hydrogen-bond acceptors (Lipinski definition) is 10. The van der Waals surface area contributed by atoms with Crippen LogP contribution in [-0.4, -0.2) is 64.8 Å². The normalized spacial score (nSPS) is 10.8. The van der Waals surface area contributed by atoms with Crippen molar-refractivity contribution in [3.8, 4) is 45.9 Å². The van der Waals surface area contributed by atoms with Crippen molar-refractivity contribution in [2.24, 2.45) is 0 Å². The molecule has 10 heteroatoms. The van der Waals surface area contributed by atoms with Crippen molar-refractivity contribution in [2.45, 2.75) is 51.4 Å². The van der Waals surface area contributed by atoms with Gasteiger partial charge >= 0.3 is 11.9 Å². The first kappa shape index (κ1) is 42.8. The maximum Gasteiger partial charge on any atom is 0.331 e. The zero-order valence-corrected chi connectivity index (χ0v) is 31.9. The molecule has 10 nitrogen and oxygen atoms in total. The molecule has 0 N–H and O–H groups in total. The van der Waals surface area contributed by atoms with Gasteiger partial charge in [-0.25, -0.2) is 9.59 Å². The fourth-order valence-electron chi connectivity index (χ4n) is 5.50. The maximum absolute atomic E-state index is 11.8. The Morgan fingerprint density at radius 3 is 1.07 bits per heavy atom. The highest BCUT2D eigenvalue weighted by molar-refractivity contribution is 5.91. The Labute approximate surface area is 330 Å². The first-order valence-electron chi connectivity index (χ1n) is 19.2. The van der Waals surface area contributed by atoms with Gasteiger partial charge in [-0.2, -0.15) is 10.5 Å². The SMILES string of the molecule is N#Cc1ccc(-c2ccc(OCCCCCCOCCOC(=O)/C=C/C(=O)OCCOCCCCCCOc3ccc(-c4ccc(C#N)cc4)cc3)cc2)cc1. The second kappa shape index (κ2) is 26.0. The molecule has 0 bridgehead atoms. The lowest BCUT2D eigenvalue weighted by Gasteiger charge is -2.08. The van der Waals surface area contributed by atoms with Crippen molar-refractivity contribution in [3.05, 3.63) is 120 Å². The highest BCUT2D eigenvalue weighted by Gasteiger charge is 2.04. The van der Waals surface area contributed by atoms with Gasteiger partial charge in [-0.1, -0.05) is 61.4 Å². The molecule has 0 heterocycles. The summed E-state index contributed by atoms with van der Waals surface area (Å²) in [7, 11) is 0. The van der Waals surface area contributed by atoms with E-state index in [1.807, 2.05) is 97.1 Å². The first-order chi connectivity index (χ1) is 27.5. The summed E-state index contributed by atoms with van der Waals surface area (Å²) in [5.41, 5.74) is 5.55. The summed E-state index contributed by atoms with van der Waals surface area (Å²) in [4.78, 5) is 23.7. The summed E-state index contributed by atoms with van der Waals surface area (Å²) in [6.07, 6.45) is 9.84. The van der Waals surface area contributed by atoms with Crippen molar-refractivity contribution in [1.82, 2.24) is 0 Å². The largest absolute Gasteiger partial charge is 0.494 e. The number of ether oxygens (including phenoxy) is 6. The molecule has 0 aliphatic rings. The number of nitriles is 2. The molecule has 4 aromatic carbocycles. The minimum Gasteiger partial charge on any atom is -0.494 e. The molecule has 292 valence electrons. The Morgan fingerprint density at radius 2 is 0.732 bits per heavy atom. The zero-order chi connectivity index (χ0) is 39.5. The highest BCUT2D eigenvalue weighted by Crippen LogP contribution is 2.24. The average molecular weight is 759 g/mol. The van der Waals surface area contributed by atoms with Crippen LogP contribution in [0, 0.1) is 22.7 Å². The summed E-state index contributed by atoms with van der Waals surface area (Å²) in [5, 5.41) is 17.9.